The summed E-state index contributed by atoms with van der Waals surface area (Å²) < 4.78 is 0. The standard InChI is InChI=1S/C17H29NO/c1-6-13-18(16(5)19)14-9-10-17(8-3)12-11-15(4)7-2/h6-7,9-10,17H,1,8,11-14H2,2-5H3/b10-9-,15-7-. The summed E-state index contributed by atoms with van der Waals surface area (Å²) in [6.45, 7) is 13.1. The average Bonchev–Trinajstić information content (AvgIpc) is 2.40. The Bertz CT molecular complexity index is 328. The molecule has 0 heterocycles. The maximum atomic E-state index is 11.4. The summed E-state index contributed by atoms with van der Waals surface area (Å²) in [4.78, 5) is 13.2. The Morgan fingerprint density at radius 1 is 1.32 bits per heavy atom. The average molecular weight is 263 g/mol. The molecular formula is C17H29NO. The van der Waals surface area contributed by atoms with E-state index in [1.807, 2.05) is 0 Å². The van der Waals surface area contributed by atoms with Crippen LogP contribution in [0.5, 0.6) is 0 Å². The van der Waals surface area contributed by atoms with E-state index >= 15 is 0 Å². The van der Waals surface area contributed by atoms with Gasteiger partial charge in [-0.2, -0.15) is 0 Å². The Hall–Kier alpha value is -1.31. The predicted molar refractivity (Wildman–Crippen MR) is 84.0 cm³/mol. The lowest BCUT2D eigenvalue weighted by atomic mass is 9.97. The molecule has 0 aliphatic carbocycles. The van der Waals surface area contributed by atoms with Crippen LogP contribution in [0.25, 0.3) is 0 Å². The van der Waals surface area contributed by atoms with Crippen LogP contribution < -0.4 is 0 Å². The van der Waals surface area contributed by atoms with Gasteiger partial charge in [-0.3, -0.25) is 4.79 Å². The van der Waals surface area contributed by atoms with Crippen molar-refractivity contribution in [1.29, 1.82) is 0 Å². The Morgan fingerprint density at radius 3 is 2.47 bits per heavy atom. The van der Waals surface area contributed by atoms with Gasteiger partial charge in [0.1, 0.15) is 0 Å². The summed E-state index contributed by atoms with van der Waals surface area (Å²) in [5.41, 5.74) is 1.45. The predicted octanol–water partition coefficient (Wildman–Crippen LogP) is 4.35. The molecule has 0 bridgehead atoms. The highest BCUT2D eigenvalue weighted by Crippen LogP contribution is 2.16. The molecule has 0 aromatic heterocycles. The zero-order valence-corrected chi connectivity index (χ0v) is 13.0. The van der Waals surface area contributed by atoms with Crippen LogP contribution in [0.1, 0.15) is 47.0 Å². The van der Waals surface area contributed by atoms with E-state index in [0.717, 1.165) is 12.8 Å². The van der Waals surface area contributed by atoms with Crippen molar-refractivity contribution >= 4 is 5.91 Å². The molecule has 0 saturated heterocycles. The van der Waals surface area contributed by atoms with Crippen LogP contribution in [-0.4, -0.2) is 23.9 Å². The zero-order chi connectivity index (χ0) is 14.7. The minimum Gasteiger partial charge on any atom is -0.336 e. The van der Waals surface area contributed by atoms with E-state index in [0.29, 0.717) is 19.0 Å². The first kappa shape index (κ1) is 17.7. The summed E-state index contributed by atoms with van der Waals surface area (Å²) in [5.74, 6) is 0.704. The first-order chi connectivity index (χ1) is 9.04. The fourth-order valence-corrected chi connectivity index (χ4v) is 1.86. The Labute approximate surface area is 118 Å². The molecule has 1 atom stereocenters. The summed E-state index contributed by atoms with van der Waals surface area (Å²) in [5, 5.41) is 0. The largest absolute Gasteiger partial charge is 0.336 e. The van der Waals surface area contributed by atoms with Crippen molar-refractivity contribution in [2.75, 3.05) is 13.1 Å². The van der Waals surface area contributed by atoms with Crippen molar-refractivity contribution in [3.05, 3.63) is 36.5 Å². The van der Waals surface area contributed by atoms with Crippen molar-refractivity contribution in [1.82, 2.24) is 4.90 Å². The number of carbonyl (C=O) groups is 1. The molecule has 0 radical (unpaired) electrons. The molecule has 0 aliphatic heterocycles. The summed E-state index contributed by atoms with van der Waals surface area (Å²) >= 11 is 0. The van der Waals surface area contributed by atoms with Gasteiger partial charge in [0.05, 0.1) is 0 Å². The zero-order valence-electron chi connectivity index (χ0n) is 13.0. The van der Waals surface area contributed by atoms with E-state index in [1.54, 1.807) is 17.9 Å². The molecule has 2 heteroatoms. The molecule has 0 spiro atoms. The fraction of sp³-hybridized carbons (Fsp3) is 0.588. The van der Waals surface area contributed by atoms with Gasteiger partial charge >= 0.3 is 0 Å². The van der Waals surface area contributed by atoms with E-state index in [1.165, 1.54) is 12.0 Å². The summed E-state index contributed by atoms with van der Waals surface area (Å²) in [6.07, 6.45) is 11.8. The normalized spacial score (nSPS) is 13.6. The van der Waals surface area contributed by atoms with Crippen molar-refractivity contribution in [2.24, 2.45) is 5.92 Å². The van der Waals surface area contributed by atoms with Gasteiger partial charge in [0.15, 0.2) is 0 Å². The van der Waals surface area contributed by atoms with Crippen LogP contribution in [0.4, 0.5) is 0 Å². The Balaban J connectivity index is 4.25. The van der Waals surface area contributed by atoms with Gasteiger partial charge in [-0.15, -0.1) is 6.58 Å². The van der Waals surface area contributed by atoms with Crippen molar-refractivity contribution in [3.63, 3.8) is 0 Å². The smallest absolute Gasteiger partial charge is 0.220 e. The van der Waals surface area contributed by atoms with E-state index in [-0.39, 0.29) is 5.91 Å². The SMILES string of the molecule is C=CCN(C/C=C\C(CC)CC/C(C)=C\C)C(C)=O. The lowest BCUT2D eigenvalue weighted by molar-refractivity contribution is -0.127. The van der Waals surface area contributed by atoms with Gasteiger partial charge in [0.2, 0.25) is 5.91 Å². The van der Waals surface area contributed by atoms with Gasteiger partial charge in [-0.1, -0.05) is 36.8 Å². The lowest BCUT2D eigenvalue weighted by Crippen LogP contribution is -2.28. The highest BCUT2D eigenvalue weighted by molar-refractivity contribution is 5.73. The molecule has 108 valence electrons. The molecule has 0 aromatic rings. The van der Waals surface area contributed by atoms with Gasteiger partial charge in [0.25, 0.3) is 0 Å². The van der Waals surface area contributed by atoms with Crippen LogP contribution in [-0.2, 0) is 4.79 Å². The van der Waals surface area contributed by atoms with Gasteiger partial charge in [0, 0.05) is 20.0 Å². The second-order valence-corrected chi connectivity index (χ2v) is 4.98. The third-order valence-corrected chi connectivity index (χ3v) is 3.46. The van der Waals surface area contributed by atoms with Crippen molar-refractivity contribution in [2.45, 2.75) is 47.0 Å². The minimum absolute atomic E-state index is 0.0994. The molecule has 1 unspecified atom stereocenters. The molecule has 0 fully saturated rings. The monoisotopic (exact) mass is 263 g/mol. The molecule has 1 amide bonds. The number of carbonyl (C=O) groups excluding carboxylic acids is 1. The molecule has 19 heavy (non-hydrogen) atoms. The van der Waals surface area contributed by atoms with E-state index in [2.05, 4.69) is 45.6 Å². The topological polar surface area (TPSA) is 20.3 Å². The highest BCUT2D eigenvalue weighted by atomic mass is 16.2. The molecule has 0 aromatic carbocycles. The van der Waals surface area contributed by atoms with E-state index in [4.69, 9.17) is 0 Å². The molecule has 0 rings (SSSR count). The van der Waals surface area contributed by atoms with Crippen LogP contribution in [0.2, 0.25) is 0 Å². The second-order valence-electron chi connectivity index (χ2n) is 4.98. The molecule has 0 N–H and O–H groups in total. The first-order valence-corrected chi connectivity index (χ1v) is 7.19. The lowest BCUT2D eigenvalue weighted by Gasteiger charge is -2.17. The number of nitrogens with zero attached hydrogens (tertiary/aromatic N) is 1. The summed E-state index contributed by atoms with van der Waals surface area (Å²) in [6, 6.07) is 0. The van der Waals surface area contributed by atoms with Gasteiger partial charge in [-0.05, 0) is 39.0 Å². The third kappa shape index (κ3) is 8.41. The van der Waals surface area contributed by atoms with Crippen molar-refractivity contribution < 1.29 is 4.79 Å². The fourth-order valence-electron chi connectivity index (χ4n) is 1.86. The highest BCUT2D eigenvalue weighted by Gasteiger charge is 2.05. The van der Waals surface area contributed by atoms with E-state index < -0.39 is 0 Å². The summed E-state index contributed by atoms with van der Waals surface area (Å²) in [7, 11) is 0. The quantitative estimate of drug-likeness (QED) is 0.566. The van der Waals surface area contributed by atoms with Crippen molar-refractivity contribution in [3.8, 4) is 0 Å². The minimum atomic E-state index is 0.0994. The number of hydrogen-bond acceptors (Lipinski definition) is 1. The van der Waals surface area contributed by atoms with E-state index in [9.17, 15) is 4.79 Å². The maximum Gasteiger partial charge on any atom is 0.220 e. The third-order valence-electron chi connectivity index (χ3n) is 3.46. The van der Waals surface area contributed by atoms with Crippen LogP contribution >= 0.6 is 0 Å². The number of allylic oxidation sites excluding steroid dienone is 3. The number of amides is 1. The molecule has 0 aliphatic rings. The van der Waals surface area contributed by atoms with Crippen LogP contribution in [0.15, 0.2) is 36.5 Å². The van der Waals surface area contributed by atoms with Crippen LogP contribution in [0, 0.1) is 5.92 Å². The Kier molecular flexibility index (Phi) is 9.87. The van der Waals surface area contributed by atoms with Gasteiger partial charge in [-0.25, -0.2) is 0 Å². The second kappa shape index (κ2) is 10.6. The maximum absolute atomic E-state index is 11.4. The molecule has 2 nitrogen and oxygen atoms in total. The first-order valence-electron chi connectivity index (χ1n) is 7.19. The van der Waals surface area contributed by atoms with Crippen LogP contribution in [0.3, 0.4) is 0 Å². The molecule has 0 saturated carbocycles. The number of hydrogen-bond donors (Lipinski definition) is 0. The number of rotatable bonds is 9. The van der Waals surface area contributed by atoms with Gasteiger partial charge < -0.3 is 4.90 Å². The molecular weight excluding hydrogens is 234 g/mol. The Morgan fingerprint density at radius 2 is 2.00 bits per heavy atom.